The van der Waals surface area contributed by atoms with Crippen molar-refractivity contribution in [2.75, 3.05) is 19.0 Å². The highest BCUT2D eigenvalue weighted by Crippen LogP contribution is 2.18. The van der Waals surface area contributed by atoms with Gasteiger partial charge in [0.05, 0.1) is 0 Å². The fraction of sp³-hybridized carbons (Fsp3) is 0.818. The van der Waals surface area contributed by atoms with Crippen LogP contribution in [0.2, 0.25) is 0 Å². The molecule has 1 nitrogen and oxygen atoms in total. The van der Waals surface area contributed by atoms with E-state index in [1.54, 1.807) is 5.54 Å². The maximum atomic E-state index is 5.98. The third-order valence-electron chi connectivity index (χ3n) is 2.82. The average molecular weight is 236 g/mol. The van der Waals surface area contributed by atoms with Gasteiger partial charge in [-0.15, -0.1) is 11.6 Å². The third-order valence-corrected chi connectivity index (χ3v) is 3.54. The number of alkyl halides is 1. The smallest absolute Gasteiger partial charge is 0.0379 e. The minimum atomic E-state index is 0.547. The number of hydrogen-bond acceptors (Lipinski definition) is 1. The molecular formula is C11H19Cl2N. The minimum Gasteiger partial charge on any atom is -0.295 e. The van der Waals surface area contributed by atoms with Crippen LogP contribution in [0.5, 0.6) is 0 Å². The summed E-state index contributed by atoms with van der Waals surface area (Å²) in [5.41, 5.74) is 2.90. The number of rotatable bonds is 3. The Balaban J connectivity index is 2.52. The summed E-state index contributed by atoms with van der Waals surface area (Å²) in [5, 5.41) is 0. The van der Waals surface area contributed by atoms with E-state index in [0.29, 0.717) is 6.04 Å². The summed E-state index contributed by atoms with van der Waals surface area (Å²) in [6.07, 6.45) is 5.19. The summed E-state index contributed by atoms with van der Waals surface area (Å²) < 4.78 is 0. The molecule has 1 fully saturated rings. The predicted molar refractivity (Wildman–Crippen MR) is 64.2 cm³/mol. The second-order valence-corrected chi connectivity index (χ2v) is 4.61. The molecule has 0 bridgehead atoms. The maximum absolute atomic E-state index is 5.98. The van der Waals surface area contributed by atoms with Gasteiger partial charge in [-0.1, -0.05) is 24.4 Å². The zero-order chi connectivity index (χ0) is 10.4. The molecule has 0 amide bonds. The lowest BCUT2D eigenvalue weighted by Crippen LogP contribution is -2.37. The van der Waals surface area contributed by atoms with Crippen LogP contribution in [0.1, 0.15) is 32.6 Å². The van der Waals surface area contributed by atoms with Crippen LogP contribution in [0, 0.1) is 0 Å². The first-order valence-corrected chi connectivity index (χ1v) is 6.31. The highest BCUT2D eigenvalue weighted by molar-refractivity contribution is 6.25. The SMILES string of the molecule is CC(=CCl)CN1CCCCCC1CCl. The molecule has 0 aromatic rings. The van der Waals surface area contributed by atoms with Gasteiger partial charge in [0.25, 0.3) is 0 Å². The third kappa shape index (κ3) is 3.80. The van der Waals surface area contributed by atoms with Crippen LogP contribution in [0.3, 0.4) is 0 Å². The standard InChI is InChI=1S/C11H19Cl2N/c1-10(7-12)9-14-6-4-2-3-5-11(14)8-13/h7,11H,2-6,8-9H2,1H3. The van der Waals surface area contributed by atoms with Crippen molar-refractivity contribution >= 4 is 23.2 Å². The van der Waals surface area contributed by atoms with Crippen molar-refractivity contribution in [1.82, 2.24) is 4.90 Å². The van der Waals surface area contributed by atoms with Gasteiger partial charge < -0.3 is 0 Å². The monoisotopic (exact) mass is 235 g/mol. The van der Waals surface area contributed by atoms with Gasteiger partial charge in [-0.05, 0) is 31.9 Å². The molecule has 82 valence electrons. The Hall–Kier alpha value is 0.280. The Morgan fingerprint density at radius 3 is 2.86 bits per heavy atom. The van der Waals surface area contributed by atoms with E-state index in [1.165, 1.54) is 37.8 Å². The van der Waals surface area contributed by atoms with Gasteiger partial charge >= 0.3 is 0 Å². The summed E-state index contributed by atoms with van der Waals surface area (Å²) in [6.45, 7) is 4.21. The molecule has 1 rings (SSSR count). The van der Waals surface area contributed by atoms with E-state index < -0.39 is 0 Å². The van der Waals surface area contributed by atoms with Crippen LogP contribution in [0.4, 0.5) is 0 Å². The number of nitrogens with zero attached hydrogens (tertiary/aromatic N) is 1. The van der Waals surface area contributed by atoms with Gasteiger partial charge in [0, 0.05) is 24.0 Å². The van der Waals surface area contributed by atoms with E-state index >= 15 is 0 Å². The second-order valence-electron chi connectivity index (χ2n) is 4.08. The molecular weight excluding hydrogens is 217 g/mol. The number of halogens is 2. The molecule has 0 N–H and O–H groups in total. The highest BCUT2D eigenvalue weighted by atomic mass is 35.5. The minimum absolute atomic E-state index is 0.547. The van der Waals surface area contributed by atoms with Crippen molar-refractivity contribution in [3.8, 4) is 0 Å². The summed E-state index contributed by atoms with van der Waals surface area (Å²) in [6, 6.07) is 0.547. The normalized spacial score (nSPS) is 26.2. The van der Waals surface area contributed by atoms with Crippen LogP contribution < -0.4 is 0 Å². The first kappa shape index (κ1) is 12.4. The highest BCUT2D eigenvalue weighted by Gasteiger charge is 2.19. The molecule has 1 unspecified atom stereocenters. The zero-order valence-corrected chi connectivity index (χ0v) is 10.3. The largest absolute Gasteiger partial charge is 0.295 e. The Bertz CT molecular complexity index is 192. The van der Waals surface area contributed by atoms with E-state index in [9.17, 15) is 0 Å². The molecule has 0 radical (unpaired) electrons. The second kappa shape index (κ2) is 6.71. The first-order valence-electron chi connectivity index (χ1n) is 5.33. The summed E-state index contributed by atoms with van der Waals surface area (Å²) in [5.74, 6) is 0.746. The van der Waals surface area contributed by atoms with Gasteiger partial charge in [-0.3, -0.25) is 4.90 Å². The Morgan fingerprint density at radius 2 is 2.21 bits per heavy atom. The topological polar surface area (TPSA) is 3.24 Å². The zero-order valence-electron chi connectivity index (χ0n) is 8.81. The molecule has 1 aliphatic heterocycles. The van der Waals surface area contributed by atoms with Crippen LogP contribution in [0.25, 0.3) is 0 Å². The summed E-state index contributed by atoms with van der Waals surface area (Å²) in [4.78, 5) is 2.47. The van der Waals surface area contributed by atoms with E-state index in [-0.39, 0.29) is 0 Å². The van der Waals surface area contributed by atoms with Crippen molar-refractivity contribution in [2.24, 2.45) is 0 Å². The van der Waals surface area contributed by atoms with E-state index in [0.717, 1.165) is 12.4 Å². The quantitative estimate of drug-likeness (QED) is 0.676. The van der Waals surface area contributed by atoms with E-state index in [2.05, 4.69) is 11.8 Å². The summed E-state index contributed by atoms with van der Waals surface area (Å²) >= 11 is 11.7. The lowest BCUT2D eigenvalue weighted by Gasteiger charge is -2.28. The molecule has 1 saturated heterocycles. The van der Waals surface area contributed by atoms with E-state index in [1.807, 2.05) is 0 Å². The molecule has 1 atom stereocenters. The molecule has 3 heteroatoms. The number of hydrogen-bond donors (Lipinski definition) is 0. The molecule has 0 aromatic carbocycles. The van der Waals surface area contributed by atoms with Crippen LogP contribution >= 0.6 is 23.2 Å². The molecule has 0 aliphatic carbocycles. The Labute approximate surface area is 97.1 Å². The molecule has 0 spiro atoms. The lowest BCUT2D eigenvalue weighted by atomic mass is 10.1. The molecule has 1 heterocycles. The van der Waals surface area contributed by atoms with Crippen molar-refractivity contribution in [1.29, 1.82) is 0 Å². The van der Waals surface area contributed by atoms with Crippen LogP contribution in [-0.2, 0) is 0 Å². The van der Waals surface area contributed by atoms with Gasteiger partial charge in [0.1, 0.15) is 0 Å². The Kier molecular flexibility index (Phi) is 5.92. The molecule has 0 aromatic heterocycles. The van der Waals surface area contributed by atoms with Gasteiger partial charge in [-0.2, -0.15) is 0 Å². The van der Waals surface area contributed by atoms with Crippen molar-refractivity contribution in [2.45, 2.75) is 38.6 Å². The maximum Gasteiger partial charge on any atom is 0.0379 e. The van der Waals surface area contributed by atoms with Gasteiger partial charge in [0.2, 0.25) is 0 Å². The van der Waals surface area contributed by atoms with Crippen LogP contribution in [-0.4, -0.2) is 29.9 Å². The molecule has 14 heavy (non-hydrogen) atoms. The predicted octanol–water partition coefficient (Wildman–Crippen LogP) is 3.61. The van der Waals surface area contributed by atoms with Gasteiger partial charge in [0.15, 0.2) is 0 Å². The summed E-state index contributed by atoms with van der Waals surface area (Å²) in [7, 11) is 0. The molecule has 0 saturated carbocycles. The van der Waals surface area contributed by atoms with Crippen molar-refractivity contribution < 1.29 is 0 Å². The average Bonchev–Trinajstić information content (AvgIpc) is 2.42. The first-order chi connectivity index (χ1) is 6.77. The number of likely N-dealkylation sites (tertiary alicyclic amines) is 1. The van der Waals surface area contributed by atoms with Crippen LogP contribution in [0.15, 0.2) is 11.1 Å². The lowest BCUT2D eigenvalue weighted by molar-refractivity contribution is 0.234. The van der Waals surface area contributed by atoms with Gasteiger partial charge in [-0.25, -0.2) is 0 Å². The van der Waals surface area contributed by atoms with E-state index in [4.69, 9.17) is 23.2 Å². The van der Waals surface area contributed by atoms with Crippen molar-refractivity contribution in [3.63, 3.8) is 0 Å². The Morgan fingerprint density at radius 1 is 1.43 bits per heavy atom. The fourth-order valence-corrected chi connectivity index (χ4v) is 2.39. The van der Waals surface area contributed by atoms with Crippen molar-refractivity contribution in [3.05, 3.63) is 11.1 Å². The molecule has 1 aliphatic rings. The fourth-order valence-electron chi connectivity index (χ4n) is 1.97.